The number of halogens is 4. The Labute approximate surface area is 132 Å². The van der Waals surface area contributed by atoms with Crippen LogP contribution in [0.4, 0.5) is 13.2 Å². The first-order valence-electron chi connectivity index (χ1n) is 5.97. The van der Waals surface area contributed by atoms with Crippen molar-refractivity contribution in [3.05, 3.63) is 58.4 Å². The molecule has 0 spiro atoms. The van der Waals surface area contributed by atoms with Gasteiger partial charge in [-0.2, -0.15) is 13.2 Å². The molecular weight excluding hydrogens is 337 g/mol. The highest BCUT2D eigenvalue weighted by Gasteiger charge is 2.30. The SMILES string of the molecule is FC(F)(F)c1ccc(-c2ccc(-c3ccc(Cl)s3)s2)cc1. The maximum atomic E-state index is 12.5. The van der Waals surface area contributed by atoms with Gasteiger partial charge in [0.2, 0.25) is 0 Å². The van der Waals surface area contributed by atoms with Crippen molar-refractivity contribution in [1.82, 2.24) is 0 Å². The van der Waals surface area contributed by atoms with Crippen LogP contribution in [-0.2, 0) is 6.18 Å². The Hall–Kier alpha value is -1.30. The van der Waals surface area contributed by atoms with Gasteiger partial charge in [0.25, 0.3) is 0 Å². The number of benzene rings is 1. The van der Waals surface area contributed by atoms with Gasteiger partial charge in [-0.05, 0) is 42.0 Å². The second-order valence-electron chi connectivity index (χ2n) is 4.34. The van der Waals surface area contributed by atoms with Gasteiger partial charge in [0.15, 0.2) is 0 Å². The van der Waals surface area contributed by atoms with Crippen molar-refractivity contribution in [3.63, 3.8) is 0 Å². The van der Waals surface area contributed by atoms with Crippen molar-refractivity contribution in [2.24, 2.45) is 0 Å². The zero-order valence-electron chi connectivity index (χ0n) is 10.4. The minimum atomic E-state index is -4.30. The monoisotopic (exact) mass is 344 g/mol. The molecule has 0 nitrogen and oxygen atoms in total. The molecule has 0 atom stereocenters. The van der Waals surface area contributed by atoms with Crippen molar-refractivity contribution < 1.29 is 13.2 Å². The van der Waals surface area contributed by atoms with Crippen LogP contribution in [0.15, 0.2) is 48.5 Å². The summed E-state index contributed by atoms with van der Waals surface area (Å²) < 4.78 is 38.3. The van der Waals surface area contributed by atoms with E-state index in [1.165, 1.54) is 34.8 Å². The zero-order chi connectivity index (χ0) is 15.0. The number of thiophene rings is 2. The van der Waals surface area contributed by atoms with E-state index in [-0.39, 0.29) is 0 Å². The Kier molecular flexibility index (Phi) is 3.82. The number of hydrogen-bond acceptors (Lipinski definition) is 2. The second kappa shape index (κ2) is 5.48. The molecule has 0 N–H and O–H groups in total. The average Bonchev–Trinajstić information content (AvgIpc) is 3.06. The minimum absolute atomic E-state index is 0.631. The number of rotatable bonds is 2. The first-order chi connectivity index (χ1) is 9.93. The van der Waals surface area contributed by atoms with E-state index >= 15 is 0 Å². The third-order valence-electron chi connectivity index (χ3n) is 2.92. The van der Waals surface area contributed by atoms with E-state index in [1.54, 1.807) is 0 Å². The van der Waals surface area contributed by atoms with Gasteiger partial charge >= 0.3 is 6.18 Å². The average molecular weight is 345 g/mol. The highest BCUT2D eigenvalue weighted by Crippen LogP contribution is 2.39. The molecule has 1 aromatic carbocycles. The predicted molar refractivity (Wildman–Crippen MR) is 83.1 cm³/mol. The van der Waals surface area contributed by atoms with Crippen LogP contribution in [0.25, 0.3) is 20.2 Å². The van der Waals surface area contributed by atoms with Crippen molar-refractivity contribution in [1.29, 1.82) is 0 Å². The molecule has 2 heterocycles. The normalized spacial score (nSPS) is 11.8. The molecule has 21 heavy (non-hydrogen) atoms. The van der Waals surface area contributed by atoms with E-state index in [2.05, 4.69) is 0 Å². The Balaban J connectivity index is 1.90. The summed E-state index contributed by atoms with van der Waals surface area (Å²) in [5.41, 5.74) is 0.148. The molecule has 108 valence electrons. The van der Waals surface area contributed by atoms with Gasteiger partial charge in [0.05, 0.1) is 9.90 Å². The van der Waals surface area contributed by atoms with E-state index < -0.39 is 11.7 Å². The second-order valence-corrected chi connectivity index (χ2v) is 7.14. The summed E-state index contributed by atoms with van der Waals surface area (Å²) in [6, 6.07) is 12.9. The lowest BCUT2D eigenvalue weighted by atomic mass is 10.1. The van der Waals surface area contributed by atoms with E-state index in [0.29, 0.717) is 0 Å². The number of hydrogen-bond donors (Lipinski definition) is 0. The van der Waals surface area contributed by atoms with Gasteiger partial charge in [-0.25, -0.2) is 0 Å². The molecule has 0 aliphatic rings. The summed E-state index contributed by atoms with van der Waals surface area (Å²) in [4.78, 5) is 3.05. The Morgan fingerprint density at radius 3 is 1.86 bits per heavy atom. The van der Waals surface area contributed by atoms with Gasteiger partial charge < -0.3 is 0 Å². The lowest BCUT2D eigenvalue weighted by Gasteiger charge is -2.06. The topological polar surface area (TPSA) is 0 Å². The summed E-state index contributed by atoms with van der Waals surface area (Å²) in [6.07, 6.45) is -4.30. The van der Waals surface area contributed by atoms with E-state index in [9.17, 15) is 13.2 Å². The molecule has 0 fully saturated rings. The molecule has 2 aromatic heterocycles. The first-order valence-corrected chi connectivity index (χ1v) is 7.98. The van der Waals surface area contributed by atoms with Crippen LogP contribution < -0.4 is 0 Å². The van der Waals surface area contributed by atoms with Crippen LogP contribution in [0, 0.1) is 0 Å². The smallest absolute Gasteiger partial charge is 0.166 e. The molecule has 6 heteroatoms. The molecule has 3 aromatic rings. The summed E-state index contributed by atoms with van der Waals surface area (Å²) in [7, 11) is 0. The molecule has 3 rings (SSSR count). The van der Waals surface area contributed by atoms with E-state index in [0.717, 1.165) is 36.7 Å². The summed E-state index contributed by atoms with van der Waals surface area (Å²) in [6.45, 7) is 0. The van der Waals surface area contributed by atoms with Gasteiger partial charge in [-0.3, -0.25) is 0 Å². The summed E-state index contributed by atoms with van der Waals surface area (Å²) in [5, 5.41) is 0. The van der Waals surface area contributed by atoms with Gasteiger partial charge in [0, 0.05) is 14.6 Å². The Morgan fingerprint density at radius 2 is 1.29 bits per heavy atom. The van der Waals surface area contributed by atoms with Crippen molar-refractivity contribution in [3.8, 4) is 20.2 Å². The molecule has 0 bridgehead atoms. The lowest BCUT2D eigenvalue weighted by molar-refractivity contribution is -0.137. The fourth-order valence-corrected chi connectivity index (χ4v) is 4.04. The minimum Gasteiger partial charge on any atom is -0.166 e. The lowest BCUT2D eigenvalue weighted by Crippen LogP contribution is -2.03. The zero-order valence-corrected chi connectivity index (χ0v) is 12.8. The quantitative estimate of drug-likeness (QED) is 0.478. The molecule has 0 aliphatic heterocycles. The van der Waals surface area contributed by atoms with Crippen LogP contribution in [-0.4, -0.2) is 0 Å². The Morgan fingerprint density at radius 1 is 0.714 bits per heavy atom. The van der Waals surface area contributed by atoms with Crippen LogP contribution in [0.1, 0.15) is 5.56 Å². The van der Waals surface area contributed by atoms with E-state index in [4.69, 9.17) is 11.6 Å². The molecule has 0 saturated carbocycles. The van der Waals surface area contributed by atoms with E-state index in [1.807, 2.05) is 24.3 Å². The molecular formula is C15H8ClF3S2. The standard InChI is InChI=1S/C15H8ClF3S2/c16-14-8-7-13(21-14)12-6-5-11(20-12)9-1-3-10(4-2-9)15(17,18)19/h1-8H. The molecule has 0 saturated heterocycles. The van der Waals surface area contributed by atoms with Crippen molar-refractivity contribution in [2.75, 3.05) is 0 Å². The fourth-order valence-electron chi connectivity index (χ4n) is 1.90. The first kappa shape index (κ1) is 14.6. The van der Waals surface area contributed by atoms with Gasteiger partial charge in [-0.1, -0.05) is 23.7 Å². The van der Waals surface area contributed by atoms with Crippen LogP contribution in [0.2, 0.25) is 4.34 Å². The van der Waals surface area contributed by atoms with Crippen LogP contribution in [0.3, 0.4) is 0 Å². The fraction of sp³-hybridized carbons (Fsp3) is 0.0667. The maximum Gasteiger partial charge on any atom is 0.416 e. The Bertz CT molecular complexity index is 754. The molecule has 0 amide bonds. The van der Waals surface area contributed by atoms with Gasteiger partial charge in [-0.15, -0.1) is 22.7 Å². The highest BCUT2D eigenvalue weighted by atomic mass is 35.5. The third kappa shape index (κ3) is 3.15. The van der Waals surface area contributed by atoms with Crippen molar-refractivity contribution in [2.45, 2.75) is 6.18 Å². The summed E-state index contributed by atoms with van der Waals surface area (Å²) >= 11 is 8.93. The van der Waals surface area contributed by atoms with Crippen LogP contribution in [0.5, 0.6) is 0 Å². The maximum absolute atomic E-state index is 12.5. The largest absolute Gasteiger partial charge is 0.416 e. The third-order valence-corrected chi connectivity index (χ3v) is 5.48. The molecule has 0 radical (unpaired) electrons. The predicted octanol–water partition coefficient (Wildman–Crippen LogP) is 6.82. The highest BCUT2D eigenvalue weighted by molar-refractivity contribution is 7.25. The van der Waals surface area contributed by atoms with Crippen LogP contribution >= 0.6 is 34.3 Å². The number of alkyl halides is 3. The summed E-state index contributed by atoms with van der Waals surface area (Å²) in [5.74, 6) is 0. The van der Waals surface area contributed by atoms with Crippen molar-refractivity contribution >= 4 is 34.3 Å². The van der Waals surface area contributed by atoms with Gasteiger partial charge in [0.1, 0.15) is 0 Å². The molecule has 0 aliphatic carbocycles. The molecule has 0 unspecified atom stereocenters.